The molecule has 0 radical (unpaired) electrons. The summed E-state index contributed by atoms with van der Waals surface area (Å²) in [5, 5.41) is 0. The number of hydrogen-bond acceptors (Lipinski definition) is 6. The zero-order valence-electron chi connectivity index (χ0n) is 15.7. The second kappa shape index (κ2) is 6.92. The lowest BCUT2D eigenvalue weighted by molar-refractivity contribution is 0.176. The molecule has 0 amide bonds. The normalized spacial score (nSPS) is 14.3. The molecule has 0 bridgehead atoms. The Kier molecular flexibility index (Phi) is 4.45. The monoisotopic (exact) mass is 366 g/mol. The molecule has 0 unspecified atom stereocenters. The van der Waals surface area contributed by atoms with Crippen LogP contribution in [0.2, 0.25) is 0 Å². The molecule has 3 heterocycles. The summed E-state index contributed by atoms with van der Waals surface area (Å²) in [6, 6.07) is 11.6. The van der Waals surface area contributed by atoms with Crippen LogP contribution in [0, 0.1) is 13.8 Å². The third-order valence-corrected chi connectivity index (χ3v) is 4.89. The van der Waals surface area contributed by atoms with Crippen molar-refractivity contribution in [3.63, 3.8) is 0 Å². The molecule has 0 N–H and O–H groups in total. The van der Waals surface area contributed by atoms with Gasteiger partial charge in [-0.05, 0) is 50.2 Å². The topological polar surface area (TPSA) is 63.7 Å². The van der Waals surface area contributed by atoms with Gasteiger partial charge in [-0.25, -0.2) is 4.98 Å². The van der Waals surface area contributed by atoms with Gasteiger partial charge in [-0.2, -0.15) is 0 Å². The number of benzene rings is 1. The molecule has 1 aliphatic rings. The highest BCUT2D eigenvalue weighted by molar-refractivity contribution is 5.59. The van der Waals surface area contributed by atoms with Crippen LogP contribution < -0.4 is 15.2 Å². The predicted octanol–water partition coefficient (Wildman–Crippen LogP) is 3.03. The van der Waals surface area contributed by atoms with Crippen molar-refractivity contribution in [1.82, 2.24) is 14.5 Å². The quantitative estimate of drug-likeness (QED) is 0.707. The first kappa shape index (κ1) is 17.4. The minimum atomic E-state index is -0.0137. The van der Waals surface area contributed by atoms with E-state index in [4.69, 9.17) is 14.1 Å². The number of aromatic nitrogens is 2. The molecule has 0 spiro atoms. The molecule has 0 fully saturated rings. The van der Waals surface area contributed by atoms with Crippen LogP contribution in [0.3, 0.4) is 0 Å². The molecule has 0 atom stereocenters. The van der Waals surface area contributed by atoms with E-state index in [1.54, 1.807) is 17.9 Å². The SMILES string of the molecule is COc1ccc(N2CN(Cc3ccco3)Cn3c2nc(C)c(C)c3=O)cc1. The molecule has 0 aliphatic carbocycles. The fourth-order valence-electron chi connectivity index (χ4n) is 3.27. The van der Waals surface area contributed by atoms with Crippen molar-refractivity contribution in [2.75, 3.05) is 18.7 Å². The Bertz CT molecular complexity index is 993. The average Bonchev–Trinajstić information content (AvgIpc) is 3.19. The van der Waals surface area contributed by atoms with Crippen molar-refractivity contribution in [3.8, 4) is 5.75 Å². The van der Waals surface area contributed by atoms with Crippen molar-refractivity contribution >= 4 is 11.6 Å². The Labute approximate surface area is 157 Å². The molecule has 3 aromatic rings. The van der Waals surface area contributed by atoms with Gasteiger partial charge in [0.2, 0.25) is 5.95 Å². The summed E-state index contributed by atoms with van der Waals surface area (Å²) in [7, 11) is 1.64. The van der Waals surface area contributed by atoms with Crippen molar-refractivity contribution in [2.45, 2.75) is 27.1 Å². The van der Waals surface area contributed by atoms with E-state index >= 15 is 0 Å². The first-order chi connectivity index (χ1) is 13.1. The number of ether oxygens (including phenoxy) is 1. The summed E-state index contributed by atoms with van der Waals surface area (Å²) in [5.74, 6) is 2.30. The predicted molar refractivity (Wildman–Crippen MR) is 102 cm³/mol. The van der Waals surface area contributed by atoms with E-state index < -0.39 is 0 Å². The summed E-state index contributed by atoms with van der Waals surface area (Å²) in [5.41, 5.74) is 2.36. The van der Waals surface area contributed by atoms with Gasteiger partial charge in [0.25, 0.3) is 5.56 Å². The van der Waals surface area contributed by atoms with Gasteiger partial charge in [0.1, 0.15) is 11.5 Å². The molecule has 0 saturated heterocycles. The Hall–Kier alpha value is -3.06. The van der Waals surface area contributed by atoms with Crippen molar-refractivity contribution in [2.24, 2.45) is 0 Å². The molecule has 7 nitrogen and oxygen atoms in total. The second-order valence-corrected chi connectivity index (χ2v) is 6.67. The summed E-state index contributed by atoms with van der Waals surface area (Å²) >= 11 is 0. The van der Waals surface area contributed by atoms with Gasteiger partial charge < -0.3 is 9.15 Å². The van der Waals surface area contributed by atoms with Crippen LogP contribution >= 0.6 is 0 Å². The Balaban J connectivity index is 1.77. The van der Waals surface area contributed by atoms with Gasteiger partial charge in [-0.15, -0.1) is 0 Å². The van der Waals surface area contributed by atoms with E-state index in [2.05, 4.69) is 4.90 Å². The molecule has 4 rings (SSSR count). The lowest BCUT2D eigenvalue weighted by Crippen LogP contribution is -2.47. The lowest BCUT2D eigenvalue weighted by Gasteiger charge is -2.38. The minimum Gasteiger partial charge on any atom is -0.497 e. The highest BCUT2D eigenvalue weighted by Gasteiger charge is 2.27. The summed E-state index contributed by atoms with van der Waals surface area (Å²) in [6.45, 7) is 5.37. The molecule has 0 saturated carbocycles. The maximum Gasteiger partial charge on any atom is 0.259 e. The highest BCUT2D eigenvalue weighted by atomic mass is 16.5. The van der Waals surface area contributed by atoms with Gasteiger partial charge in [0, 0.05) is 16.9 Å². The number of nitrogens with zero attached hydrogens (tertiary/aromatic N) is 4. The Morgan fingerprint density at radius 3 is 2.59 bits per heavy atom. The highest BCUT2D eigenvalue weighted by Crippen LogP contribution is 2.29. The standard InChI is InChI=1S/C20H22N4O3/c1-14-15(2)21-20-23(16-6-8-17(26-3)9-7-16)12-22(13-24(20)19(14)25)11-18-5-4-10-27-18/h4-10H,11-13H2,1-3H3. The van der Waals surface area contributed by atoms with Crippen LogP contribution in [0.5, 0.6) is 5.75 Å². The van der Waals surface area contributed by atoms with Crippen LogP contribution in [0.1, 0.15) is 17.0 Å². The first-order valence-electron chi connectivity index (χ1n) is 8.81. The van der Waals surface area contributed by atoms with E-state index in [1.807, 2.05) is 55.1 Å². The number of rotatable bonds is 4. The maximum atomic E-state index is 12.9. The van der Waals surface area contributed by atoms with Crippen LogP contribution in [-0.2, 0) is 13.2 Å². The number of fused-ring (bicyclic) bond motifs is 1. The zero-order valence-corrected chi connectivity index (χ0v) is 15.7. The Morgan fingerprint density at radius 2 is 1.93 bits per heavy atom. The average molecular weight is 366 g/mol. The fourth-order valence-corrected chi connectivity index (χ4v) is 3.27. The minimum absolute atomic E-state index is 0.0137. The third kappa shape index (κ3) is 3.21. The van der Waals surface area contributed by atoms with Crippen LogP contribution in [0.4, 0.5) is 11.6 Å². The third-order valence-electron chi connectivity index (χ3n) is 4.89. The van der Waals surface area contributed by atoms with Gasteiger partial charge in [0.05, 0.1) is 33.3 Å². The van der Waals surface area contributed by atoms with Crippen LogP contribution in [-0.4, -0.2) is 28.2 Å². The Morgan fingerprint density at radius 1 is 1.15 bits per heavy atom. The van der Waals surface area contributed by atoms with E-state index in [9.17, 15) is 4.79 Å². The largest absolute Gasteiger partial charge is 0.497 e. The number of furan rings is 1. The van der Waals surface area contributed by atoms with Crippen molar-refractivity contribution in [3.05, 3.63) is 70.0 Å². The van der Waals surface area contributed by atoms with E-state index in [-0.39, 0.29) is 5.56 Å². The van der Waals surface area contributed by atoms with Gasteiger partial charge in [0.15, 0.2) is 0 Å². The molecule has 27 heavy (non-hydrogen) atoms. The molecule has 1 aromatic carbocycles. The summed E-state index contributed by atoms with van der Waals surface area (Å²) in [6.07, 6.45) is 1.66. The lowest BCUT2D eigenvalue weighted by atomic mass is 10.2. The molecule has 140 valence electrons. The van der Waals surface area contributed by atoms with Crippen molar-refractivity contribution < 1.29 is 9.15 Å². The number of anilines is 2. The van der Waals surface area contributed by atoms with Crippen LogP contribution in [0.25, 0.3) is 0 Å². The molecular formula is C20H22N4O3. The molecular weight excluding hydrogens is 344 g/mol. The van der Waals surface area contributed by atoms with Gasteiger partial charge in [-0.1, -0.05) is 0 Å². The maximum absolute atomic E-state index is 12.9. The van der Waals surface area contributed by atoms with Crippen LogP contribution in [0.15, 0.2) is 51.9 Å². The second-order valence-electron chi connectivity index (χ2n) is 6.67. The number of aryl methyl sites for hydroxylation is 1. The van der Waals surface area contributed by atoms with E-state index in [1.165, 1.54) is 0 Å². The van der Waals surface area contributed by atoms with Gasteiger partial charge >= 0.3 is 0 Å². The van der Waals surface area contributed by atoms with Gasteiger partial charge in [-0.3, -0.25) is 19.2 Å². The smallest absolute Gasteiger partial charge is 0.259 e. The number of methoxy groups -OCH3 is 1. The first-order valence-corrected chi connectivity index (χ1v) is 8.81. The summed E-state index contributed by atoms with van der Waals surface area (Å²) < 4.78 is 12.5. The number of hydrogen-bond donors (Lipinski definition) is 0. The zero-order chi connectivity index (χ0) is 19.0. The van der Waals surface area contributed by atoms with E-state index in [0.29, 0.717) is 31.4 Å². The fraction of sp³-hybridized carbons (Fsp3) is 0.300. The summed E-state index contributed by atoms with van der Waals surface area (Å²) in [4.78, 5) is 21.8. The molecule has 7 heteroatoms. The van der Waals surface area contributed by atoms with E-state index in [0.717, 1.165) is 22.9 Å². The van der Waals surface area contributed by atoms with Crippen molar-refractivity contribution in [1.29, 1.82) is 0 Å². The molecule has 1 aliphatic heterocycles. The molecule has 2 aromatic heterocycles.